The van der Waals surface area contributed by atoms with Crippen molar-refractivity contribution in [2.45, 2.75) is 19.1 Å². The second-order valence-electron chi connectivity index (χ2n) is 2.60. The second-order valence-corrected chi connectivity index (χ2v) is 2.60. The van der Waals surface area contributed by atoms with Gasteiger partial charge in [0.15, 0.2) is 0 Å². The molecule has 0 spiro atoms. The van der Waals surface area contributed by atoms with Crippen molar-refractivity contribution in [2.24, 2.45) is 5.92 Å². The maximum Gasteiger partial charge on any atom is 0.321 e. The molecular formula is C6H10FNO2. The van der Waals surface area contributed by atoms with Gasteiger partial charge in [-0.3, -0.25) is 4.79 Å². The number of halogens is 1. The topological polar surface area (TPSA) is 49.3 Å². The van der Waals surface area contributed by atoms with Gasteiger partial charge in [-0.25, -0.2) is 4.39 Å². The van der Waals surface area contributed by atoms with Crippen LogP contribution in [0.25, 0.3) is 0 Å². The highest BCUT2D eigenvalue weighted by molar-refractivity contribution is 5.74. The van der Waals surface area contributed by atoms with Crippen LogP contribution < -0.4 is 5.32 Å². The Bertz CT molecular complexity index is 151. The molecule has 1 aliphatic heterocycles. The molecule has 1 saturated heterocycles. The summed E-state index contributed by atoms with van der Waals surface area (Å²) in [5, 5.41) is 11.1. The largest absolute Gasteiger partial charge is 0.480 e. The lowest BCUT2D eigenvalue weighted by atomic mass is 10.0. The summed E-state index contributed by atoms with van der Waals surface area (Å²) in [7, 11) is 0. The number of carbonyl (C=O) groups is 1. The van der Waals surface area contributed by atoms with Gasteiger partial charge in [0.25, 0.3) is 0 Å². The molecular weight excluding hydrogens is 137 g/mol. The first-order chi connectivity index (χ1) is 4.63. The summed E-state index contributed by atoms with van der Waals surface area (Å²) in [5.41, 5.74) is 0. The lowest BCUT2D eigenvalue weighted by Gasteiger charge is -2.09. The van der Waals surface area contributed by atoms with Crippen molar-refractivity contribution in [3.63, 3.8) is 0 Å². The monoisotopic (exact) mass is 147 g/mol. The zero-order valence-electron chi connectivity index (χ0n) is 5.67. The number of carboxylic acids is 1. The van der Waals surface area contributed by atoms with E-state index in [1.165, 1.54) is 0 Å². The minimum atomic E-state index is -1.01. The molecule has 0 radical (unpaired) electrons. The fraction of sp³-hybridized carbons (Fsp3) is 0.833. The van der Waals surface area contributed by atoms with E-state index in [0.29, 0.717) is 0 Å². The molecule has 0 unspecified atom stereocenters. The van der Waals surface area contributed by atoms with Crippen LogP contribution in [0.5, 0.6) is 0 Å². The Morgan fingerprint density at radius 1 is 1.80 bits per heavy atom. The minimum absolute atomic E-state index is 0.165. The van der Waals surface area contributed by atoms with Crippen LogP contribution in [0, 0.1) is 5.92 Å². The van der Waals surface area contributed by atoms with Gasteiger partial charge >= 0.3 is 5.97 Å². The number of rotatable bonds is 1. The van der Waals surface area contributed by atoms with Gasteiger partial charge in [-0.05, 0) is 0 Å². The predicted octanol–water partition coefficient (Wildman–Crippen LogP) is 0.0170. The van der Waals surface area contributed by atoms with Gasteiger partial charge in [0, 0.05) is 12.5 Å². The van der Waals surface area contributed by atoms with Gasteiger partial charge in [-0.15, -0.1) is 0 Å². The molecule has 2 N–H and O–H groups in total. The molecule has 1 rings (SSSR count). The van der Waals surface area contributed by atoms with Crippen molar-refractivity contribution < 1.29 is 14.3 Å². The van der Waals surface area contributed by atoms with Crippen molar-refractivity contribution >= 4 is 5.97 Å². The third-order valence-electron chi connectivity index (χ3n) is 1.90. The quantitative estimate of drug-likeness (QED) is 0.549. The Hall–Kier alpha value is -0.640. The number of hydrogen-bond donors (Lipinski definition) is 2. The Balaban J connectivity index is 2.57. The molecule has 0 aromatic heterocycles. The number of alkyl halides is 1. The van der Waals surface area contributed by atoms with Gasteiger partial charge in [0.2, 0.25) is 0 Å². The summed E-state index contributed by atoms with van der Waals surface area (Å²) in [6.07, 6.45) is -1.01. The SMILES string of the molecule is C[C@@H]1[C@@H](C(=O)O)NC[C@@H]1F. The maximum absolute atomic E-state index is 12.6. The van der Waals surface area contributed by atoms with Crippen molar-refractivity contribution in [2.75, 3.05) is 6.54 Å². The summed E-state index contributed by atoms with van der Waals surface area (Å²) in [6, 6.07) is -0.699. The first kappa shape index (κ1) is 7.47. The van der Waals surface area contributed by atoms with E-state index in [0.717, 1.165) is 0 Å². The van der Waals surface area contributed by atoms with Gasteiger partial charge in [-0.1, -0.05) is 6.92 Å². The molecule has 0 amide bonds. The highest BCUT2D eigenvalue weighted by Gasteiger charge is 2.36. The molecule has 58 valence electrons. The van der Waals surface area contributed by atoms with Crippen LogP contribution in [-0.4, -0.2) is 29.8 Å². The molecule has 0 aromatic rings. The highest BCUT2D eigenvalue weighted by Crippen LogP contribution is 2.18. The summed E-state index contributed by atoms with van der Waals surface area (Å²) < 4.78 is 12.6. The van der Waals surface area contributed by atoms with Crippen molar-refractivity contribution in [3.8, 4) is 0 Å². The van der Waals surface area contributed by atoms with Crippen LogP contribution in [-0.2, 0) is 4.79 Å². The van der Waals surface area contributed by atoms with Gasteiger partial charge in [0.05, 0.1) is 0 Å². The van der Waals surface area contributed by atoms with E-state index in [1.54, 1.807) is 6.92 Å². The van der Waals surface area contributed by atoms with E-state index in [1.807, 2.05) is 0 Å². The van der Waals surface area contributed by atoms with E-state index in [2.05, 4.69) is 5.32 Å². The molecule has 1 aliphatic rings. The van der Waals surface area contributed by atoms with E-state index < -0.39 is 24.1 Å². The highest BCUT2D eigenvalue weighted by atomic mass is 19.1. The van der Waals surface area contributed by atoms with Crippen LogP contribution in [0.3, 0.4) is 0 Å². The van der Waals surface area contributed by atoms with Crippen LogP contribution in [0.4, 0.5) is 4.39 Å². The number of nitrogens with one attached hydrogen (secondary N) is 1. The normalized spacial score (nSPS) is 40.0. The zero-order chi connectivity index (χ0) is 7.72. The molecule has 1 heterocycles. The van der Waals surface area contributed by atoms with Crippen molar-refractivity contribution in [1.82, 2.24) is 5.32 Å². The molecule has 4 heteroatoms. The van der Waals surface area contributed by atoms with Crippen molar-refractivity contribution in [1.29, 1.82) is 0 Å². The van der Waals surface area contributed by atoms with Crippen LogP contribution in [0.15, 0.2) is 0 Å². The Morgan fingerprint density at radius 2 is 2.40 bits per heavy atom. The predicted molar refractivity (Wildman–Crippen MR) is 33.5 cm³/mol. The minimum Gasteiger partial charge on any atom is -0.480 e. The molecule has 3 nitrogen and oxygen atoms in total. The number of carboxylic acid groups (broad SMARTS) is 1. The molecule has 3 atom stereocenters. The molecule has 0 saturated carbocycles. The van der Waals surface area contributed by atoms with Crippen molar-refractivity contribution in [3.05, 3.63) is 0 Å². The molecule has 0 aromatic carbocycles. The molecule has 10 heavy (non-hydrogen) atoms. The van der Waals surface area contributed by atoms with E-state index >= 15 is 0 Å². The fourth-order valence-corrected chi connectivity index (χ4v) is 1.13. The zero-order valence-corrected chi connectivity index (χ0v) is 5.67. The Kier molecular flexibility index (Phi) is 1.89. The first-order valence-electron chi connectivity index (χ1n) is 3.23. The molecule has 1 fully saturated rings. The van der Waals surface area contributed by atoms with Gasteiger partial charge in [-0.2, -0.15) is 0 Å². The summed E-state index contributed by atoms with van der Waals surface area (Å²) in [5.74, 6) is -1.37. The van der Waals surface area contributed by atoms with Crippen LogP contribution in [0.1, 0.15) is 6.92 Å². The van der Waals surface area contributed by atoms with E-state index in [9.17, 15) is 9.18 Å². The fourth-order valence-electron chi connectivity index (χ4n) is 1.13. The number of aliphatic carboxylic acids is 1. The Labute approximate surface area is 58.2 Å². The van der Waals surface area contributed by atoms with Crippen LogP contribution in [0.2, 0.25) is 0 Å². The number of hydrogen-bond acceptors (Lipinski definition) is 2. The average Bonchev–Trinajstić information content (AvgIpc) is 2.14. The van der Waals surface area contributed by atoms with E-state index in [4.69, 9.17) is 5.11 Å². The van der Waals surface area contributed by atoms with Gasteiger partial charge in [0.1, 0.15) is 12.2 Å². The standard InChI is InChI=1S/C6H10FNO2/c1-3-4(7)2-8-5(3)6(9)10/h3-5,8H,2H2,1H3,(H,9,10)/t3-,4-,5-/m0/s1. The second kappa shape index (κ2) is 2.54. The summed E-state index contributed by atoms with van der Waals surface area (Å²) >= 11 is 0. The third-order valence-corrected chi connectivity index (χ3v) is 1.90. The average molecular weight is 147 g/mol. The Morgan fingerprint density at radius 3 is 2.60 bits per heavy atom. The van der Waals surface area contributed by atoms with E-state index in [-0.39, 0.29) is 6.54 Å². The smallest absolute Gasteiger partial charge is 0.321 e. The third kappa shape index (κ3) is 1.11. The van der Waals surface area contributed by atoms with Gasteiger partial charge < -0.3 is 10.4 Å². The summed E-state index contributed by atoms with van der Waals surface area (Å²) in [6.45, 7) is 1.77. The molecule has 0 aliphatic carbocycles. The molecule has 0 bridgehead atoms. The lowest BCUT2D eigenvalue weighted by molar-refractivity contribution is -0.140. The summed E-state index contributed by atoms with van der Waals surface area (Å²) in [4.78, 5) is 10.3. The maximum atomic E-state index is 12.6. The van der Waals surface area contributed by atoms with Crippen LogP contribution >= 0.6 is 0 Å². The first-order valence-corrected chi connectivity index (χ1v) is 3.23. The lowest BCUT2D eigenvalue weighted by Crippen LogP contribution is -2.34.